The Morgan fingerprint density at radius 1 is 1.35 bits per heavy atom. The molecular formula is C8H12Cl3O4PS. The van der Waals surface area contributed by atoms with Gasteiger partial charge in [0, 0.05) is 0 Å². The number of rotatable bonds is 4. The first-order valence-corrected chi connectivity index (χ1v) is 7.14. The normalized spacial score (nSPS) is 10.9. The lowest BCUT2D eigenvalue weighted by Crippen LogP contribution is -2.07. The molecule has 0 N–H and O–H groups in total. The van der Waals surface area contributed by atoms with Gasteiger partial charge in [-0.25, -0.2) is 0 Å². The fraction of sp³-hybridized carbons (Fsp3) is 0.250. The van der Waals surface area contributed by atoms with Crippen LogP contribution in [0.2, 0.25) is 5.02 Å². The van der Waals surface area contributed by atoms with Gasteiger partial charge in [-0.2, -0.15) is 8.42 Å². The van der Waals surface area contributed by atoms with E-state index in [4.69, 9.17) is 11.6 Å². The predicted molar refractivity (Wildman–Crippen MR) is 74.2 cm³/mol. The minimum absolute atomic E-state index is 0. The van der Waals surface area contributed by atoms with Crippen molar-refractivity contribution in [3.63, 3.8) is 0 Å². The minimum Gasteiger partial charge on any atom is -0.328 e. The van der Waals surface area contributed by atoms with Crippen LogP contribution < -0.4 is 0 Å². The zero-order chi connectivity index (χ0) is 11.5. The van der Waals surface area contributed by atoms with Gasteiger partial charge in [0.05, 0.1) is 13.5 Å². The van der Waals surface area contributed by atoms with Crippen LogP contribution in [0.1, 0.15) is 5.56 Å². The van der Waals surface area contributed by atoms with Crippen molar-refractivity contribution in [2.75, 3.05) is 6.35 Å². The molecule has 0 spiro atoms. The van der Waals surface area contributed by atoms with Crippen LogP contribution in [0.4, 0.5) is 0 Å². The molecule has 1 atom stereocenters. The Morgan fingerprint density at radius 2 is 1.94 bits per heavy atom. The standard InChI is InChI=1S/C8H10ClO4PS.2ClH/c1-6-3-2-4-7(9)8(6)15(11,12)13-5-14-10;;/h2-4H,5,14H2,1H3;2*1H. The lowest BCUT2D eigenvalue weighted by Gasteiger charge is -2.07. The third kappa shape index (κ3) is 5.16. The van der Waals surface area contributed by atoms with Gasteiger partial charge in [0.1, 0.15) is 11.2 Å². The van der Waals surface area contributed by atoms with Crippen molar-refractivity contribution < 1.29 is 17.2 Å². The van der Waals surface area contributed by atoms with Gasteiger partial charge >= 0.3 is 0 Å². The molecule has 9 heteroatoms. The molecule has 0 aliphatic rings. The first kappa shape index (κ1) is 19.6. The molecule has 0 fully saturated rings. The molecule has 1 rings (SSSR count). The number of aryl methyl sites for hydroxylation is 1. The molecule has 0 saturated heterocycles. The van der Waals surface area contributed by atoms with E-state index in [1.807, 2.05) is 0 Å². The number of halogens is 3. The fourth-order valence-electron chi connectivity index (χ4n) is 1.11. The van der Waals surface area contributed by atoms with E-state index >= 15 is 0 Å². The summed E-state index contributed by atoms with van der Waals surface area (Å²) in [6.45, 7) is 1.62. The summed E-state index contributed by atoms with van der Waals surface area (Å²) in [5, 5.41) is 0.107. The molecular weight excluding hydrogens is 329 g/mol. The van der Waals surface area contributed by atoms with E-state index in [1.165, 1.54) is 6.07 Å². The second kappa shape index (κ2) is 8.35. The molecule has 0 radical (unpaired) electrons. The zero-order valence-corrected chi connectivity index (χ0v) is 13.1. The molecule has 100 valence electrons. The Labute approximate surface area is 119 Å². The molecule has 0 aromatic heterocycles. The average Bonchev–Trinajstić information content (AvgIpc) is 2.14. The summed E-state index contributed by atoms with van der Waals surface area (Å²) < 4.78 is 38.0. The van der Waals surface area contributed by atoms with Gasteiger partial charge in [0.2, 0.25) is 0 Å². The van der Waals surface area contributed by atoms with Gasteiger partial charge in [0.25, 0.3) is 10.1 Å². The minimum atomic E-state index is -3.89. The van der Waals surface area contributed by atoms with E-state index in [0.29, 0.717) is 5.56 Å². The monoisotopic (exact) mass is 340 g/mol. The molecule has 0 heterocycles. The van der Waals surface area contributed by atoms with Gasteiger partial charge in [-0.05, 0) is 18.6 Å². The second-order valence-electron chi connectivity index (χ2n) is 2.79. The largest absolute Gasteiger partial charge is 0.328 e. The summed E-state index contributed by atoms with van der Waals surface area (Å²) in [4.78, 5) is -0.0560. The molecule has 4 nitrogen and oxygen atoms in total. The fourth-order valence-corrected chi connectivity index (χ4v) is 3.44. The molecule has 0 aliphatic carbocycles. The predicted octanol–water partition coefficient (Wildman–Crippen LogP) is 2.91. The smallest absolute Gasteiger partial charge is 0.299 e. The quantitative estimate of drug-likeness (QED) is 0.624. The maximum Gasteiger partial charge on any atom is 0.299 e. The van der Waals surface area contributed by atoms with Crippen molar-refractivity contribution in [1.29, 1.82) is 0 Å². The van der Waals surface area contributed by atoms with Gasteiger partial charge in [-0.15, -0.1) is 24.8 Å². The Morgan fingerprint density at radius 3 is 2.41 bits per heavy atom. The maximum absolute atomic E-state index is 11.6. The van der Waals surface area contributed by atoms with Crippen LogP contribution in [-0.2, 0) is 18.9 Å². The van der Waals surface area contributed by atoms with E-state index < -0.39 is 18.6 Å². The molecule has 1 aromatic carbocycles. The van der Waals surface area contributed by atoms with Crippen molar-refractivity contribution in [1.82, 2.24) is 0 Å². The molecule has 17 heavy (non-hydrogen) atoms. The number of benzene rings is 1. The maximum atomic E-state index is 11.6. The van der Waals surface area contributed by atoms with E-state index in [9.17, 15) is 13.0 Å². The van der Waals surface area contributed by atoms with Gasteiger partial charge in [-0.3, -0.25) is 4.18 Å². The molecule has 0 aliphatic heterocycles. The molecule has 0 saturated carbocycles. The second-order valence-corrected chi connectivity index (χ2v) is 5.42. The summed E-state index contributed by atoms with van der Waals surface area (Å²) in [7, 11) is -5.15. The lowest BCUT2D eigenvalue weighted by molar-refractivity contribution is 0.374. The van der Waals surface area contributed by atoms with Crippen molar-refractivity contribution in [2.24, 2.45) is 0 Å². The SMILES string of the molecule is Cc1cccc(Cl)c1S(=O)(=O)OC[PH2]=O.Cl.Cl. The van der Waals surface area contributed by atoms with Crippen LogP contribution in [0.3, 0.4) is 0 Å². The Bertz CT molecular complexity index is 457. The third-order valence-corrected chi connectivity index (χ3v) is 4.16. The molecule has 1 aromatic rings. The highest BCUT2D eigenvalue weighted by atomic mass is 35.5. The third-order valence-electron chi connectivity index (χ3n) is 1.71. The van der Waals surface area contributed by atoms with Crippen molar-refractivity contribution in [3.8, 4) is 0 Å². The van der Waals surface area contributed by atoms with Gasteiger partial charge in [-0.1, -0.05) is 23.7 Å². The summed E-state index contributed by atoms with van der Waals surface area (Å²) in [6, 6.07) is 4.73. The van der Waals surface area contributed by atoms with Gasteiger partial charge in [0.15, 0.2) is 0 Å². The summed E-state index contributed by atoms with van der Waals surface area (Å²) in [5.74, 6) is 0. The summed E-state index contributed by atoms with van der Waals surface area (Å²) in [5.41, 5.74) is 0.503. The van der Waals surface area contributed by atoms with E-state index in [-0.39, 0.29) is 41.1 Å². The Kier molecular flexibility index (Phi) is 9.61. The van der Waals surface area contributed by atoms with Crippen LogP contribution >= 0.6 is 44.9 Å². The zero-order valence-electron chi connectivity index (χ0n) is 8.75. The van der Waals surface area contributed by atoms with Crippen LogP contribution in [0, 0.1) is 6.92 Å². The van der Waals surface area contributed by atoms with Crippen LogP contribution in [0.25, 0.3) is 0 Å². The van der Waals surface area contributed by atoms with E-state index in [2.05, 4.69) is 4.18 Å². The lowest BCUT2D eigenvalue weighted by atomic mass is 10.2. The van der Waals surface area contributed by atoms with E-state index in [0.717, 1.165) is 0 Å². The first-order valence-electron chi connectivity index (χ1n) is 4.07. The number of hydrogen-bond donors (Lipinski definition) is 0. The van der Waals surface area contributed by atoms with Crippen molar-refractivity contribution in [3.05, 3.63) is 28.8 Å². The van der Waals surface area contributed by atoms with Gasteiger partial charge < -0.3 is 4.57 Å². The Balaban J connectivity index is 0. The highest BCUT2D eigenvalue weighted by Crippen LogP contribution is 2.26. The van der Waals surface area contributed by atoms with Crippen LogP contribution in [-0.4, -0.2) is 14.8 Å². The molecule has 1 unspecified atom stereocenters. The van der Waals surface area contributed by atoms with Crippen molar-refractivity contribution in [2.45, 2.75) is 11.8 Å². The van der Waals surface area contributed by atoms with Crippen molar-refractivity contribution >= 4 is 55.0 Å². The Hall–Kier alpha value is 0.230. The number of hydrogen-bond acceptors (Lipinski definition) is 4. The summed E-state index contributed by atoms with van der Waals surface area (Å²) >= 11 is 5.76. The highest BCUT2D eigenvalue weighted by molar-refractivity contribution is 7.87. The van der Waals surface area contributed by atoms with E-state index in [1.54, 1.807) is 19.1 Å². The van der Waals surface area contributed by atoms with Crippen LogP contribution in [0.15, 0.2) is 23.1 Å². The topological polar surface area (TPSA) is 60.4 Å². The summed E-state index contributed by atoms with van der Waals surface area (Å²) in [6.07, 6.45) is -0.299. The highest BCUT2D eigenvalue weighted by Gasteiger charge is 2.20. The molecule has 0 bridgehead atoms. The first-order chi connectivity index (χ1) is 6.99. The molecule has 0 amide bonds. The van der Waals surface area contributed by atoms with Crippen LogP contribution in [0.5, 0.6) is 0 Å². The average molecular weight is 342 g/mol.